The fourth-order valence-electron chi connectivity index (χ4n) is 2.76. The average Bonchev–Trinajstić information content (AvgIpc) is 2.39. The molecular weight excluding hydrogens is 306 g/mol. The Morgan fingerprint density at radius 2 is 2.32 bits per heavy atom. The van der Waals surface area contributed by atoms with Crippen LogP contribution in [0, 0.1) is 0 Å². The summed E-state index contributed by atoms with van der Waals surface area (Å²) in [6.07, 6.45) is 2.91. The van der Waals surface area contributed by atoms with Gasteiger partial charge in [-0.1, -0.05) is 41.4 Å². The van der Waals surface area contributed by atoms with Crippen LogP contribution >= 0.6 is 15.9 Å². The van der Waals surface area contributed by atoms with Crippen molar-refractivity contribution in [1.29, 1.82) is 0 Å². The number of carboxylic acids is 1. The lowest BCUT2D eigenvalue weighted by Crippen LogP contribution is -2.46. The lowest BCUT2D eigenvalue weighted by molar-refractivity contribution is -0.144. The monoisotopic (exact) mass is 325 g/mol. The third-order valence-electron chi connectivity index (χ3n) is 3.82. The van der Waals surface area contributed by atoms with Gasteiger partial charge in [-0.05, 0) is 43.0 Å². The van der Waals surface area contributed by atoms with Crippen LogP contribution in [0.1, 0.15) is 37.7 Å². The van der Waals surface area contributed by atoms with Gasteiger partial charge in [-0.25, -0.2) is 0 Å². The maximum Gasteiger partial charge on any atom is 0.320 e. The maximum atomic E-state index is 11.3. The van der Waals surface area contributed by atoms with Crippen LogP contribution in [0.5, 0.6) is 0 Å². The van der Waals surface area contributed by atoms with Gasteiger partial charge in [0.2, 0.25) is 0 Å². The van der Waals surface area contributed by atoms with Gasteiger partial charge in [-0.2, -0.15) is 0 Å². The van der Waals surface area contributed by atoms with E-state index in [1.54, 1.807) is 0 Å². The number of piperidine rings is 1. The second kappa shape index (κ2) is 6.53. The minimum atomic E-state index is -0.679. The van der Waals surface area contributed by atoms with Crippen molar-refractivity contribution in [3.63, 3.8) is 0 Å². The van der Waals surface area contributed by atoms with E-state index >= 15 is 0 Å². The summed E-state index contributed by atoms with van der Waals surface area (Å²) in [5, 5.41) is 9.29. The van der Waals surface area contributed by atoms with Crippen LogP contribution in [0.3, 0.4) is 0 Å². The molecule has 3 nitrogen and oxygen atoms in total. The average molecular weight is 326 g/mol. The summed E-state index contributed by atoms with van der Waals surface area (Å²) in [4.78, 5) is 13.4. The van der Waals surface area contributed by atoms with E-state index < -0.39 is 5.97 Å². The molecule has 1 saturated heterocycles. The second-order valence-electron chi connectivity index (χ2n) is 5.30. The Bertz CT molecular complexity index is 450. The van der Waals surface area contributed by atoms with Crippen molar-refractivity contribution in [2.24, 2.45) is 0 Å². The van der Waals surface area contributed by atoms with Crippen LogP contribution in [0.15, 0.2) is 28.7 Å². The highest BCUT2D eigenvalue weighted by Crippen LogP contribution is 2.24. The van der Waals surface area contributed by atoms with Gasteiger partial charge in [0, 0.05) is 11.0 Å². The first-order valence-corrected chi connectivity index (χ1v) is 7.59. The molecule has 1 aliphatic rings. The normalized spacial score (nSPS) is 22.1. The Labute approximate surface area is 122 Å². The molecule has 0 bridgehead atoms. The molecule has 1 N–H and O–H groups in total. The fraction of sp³-hybridized carbons (Fsp3) is 0.533. The second-order valence-corrected chi connectivity index (χ2v) is 6.22. The minimum absolute atomic E-state index is 0.302. The number of carbonyl (C=O) groups is 1. The van der Waals surface area contributed by atoms with E-state index in [0.717, 1.165) is 36.8 Å². The lowest BCUT2D eigenvalue weighted by atomic mass is 9.96. The number of carboxylic acid groups (broad SMARTS) is 1. The smallest absolute Gasteiger partial charge is 0.320 e. The quantitative estimate of drug-likeness (QED) is 0.921. The Hall–Kier alpha value is -0.870. The van der Waals surface area contributed by atoms with Crippen LogP contribution < -0.4 is 0 Å². The molecule has 2 atom stereocenters. The third kappa shape index (κ3) is 3.80. The molecule has 1 aromatic carbocycles. The molecule has 0 spiro atoms. The minimum Gasteiger partial charge on any atom is -0.480 e. The number of hydrogen-bond donors (Lipinski definition) is 1. The van der Waals surface area contributed by atoms with Gasteiger partial charge in [0.25, 0.3) is 0 Å². The lowest BCUT2D eigenvalue weighted by Gasteiger charge is -2.34. The Morgan fingerprint density at radius 3 is 3.00 bits per heavy atom. The van der Waals surface area contributed by atoms with E-state index in [4.69, 9.17) is 0 Å². The van der Waals surface area contributed by atoms with Crippen LogP contribution in [0.4, 0.5) is 0 Å². The Kier molecular flexibility index (Phi) is 4.99. The zero-order valence-corrected chi connectivity index (χ0v) is 12.8. The van der Waals surface area contributed by atoms with Gasteiger partial charge in [-0.15, -0.1) is 0 Å². The number of hydrogen-bond acceptors (Lipinski definition) is 2. The van der Waals surface area contributed by atoms with Crippen LogP contribution in [0.25, 0.3) is 0 Å². The molecule has 4 heteroatoms. The number of nitrogens with zero attached hydrogens (tertiary/aromatic N) is 1. The maximum absolute atomic E-state index is 11.3. The molecular formula is C15H20BrNO2. The van der Waals surface area contributed by atoms with Gasteiger partial charge in [0.1, 0.15) is 6.04 Å². The van der Waals surface area contributed by atoms with Crippen molar-refractivity contribution in [1.82, 2.24) is 4.90 Å². The van der Waals surface area contributed by atoms with Crippen molar-refractivity contribution in [2.75, 3.05) is 13.1 Å². The molecule has 1 aliphatic heterocycles. The first-order chi connectivity index (χ1) is 9.08. The molecule has 2 rings (SSSR count). The number of benzene rings is 1. The molecule has 0 aliphatic carbocycles. The van der Waals surface area contributed by atoms with Crippen LogP contribution in [-0.4, -0.2) is 35.1 Å². The highest BCUT2D eigenvalue weighted by molar-refractivity contribution is 9.10. The summed E-state index contributed by atoms with van der Waals surface area (Å²) in [5.74, 6) is -0.335. The van der Waals surface area contributed by atoms with Gasteiger partial charge >= 0.3 is 5.97 Å². The van der Waals surface area contributed by atoms with Crippen molar-refractivity contribution in [2.45, 2.75) is 38.1 Å². The molecule has 2 unspecified atom stereocenters. The molecule has 1 heterocycles. The summed E-state index contributed by atoms with van der Waals surface area (Å²) in [5.41, 5.74) is 1.25. The molecule has 0 amide bonds. The summed E-state index contributed by atoms with van der Waals surface area (Å²) >= 11 is 3.48. The highest BCUT2D eigenvalue weighted by Gasteiger charge is 2.29. The van der Waals surface area contributed by atoms with Gasteiger partial charge in [0.05, 0.1) is 0 Å². The molecule has 0 aromatic heterocycles. The zero-order chi connectivity index (χ0) is 13.8. The van der Waals surface area contributed by atoms with Crippen LogP contribution in [0.2, 0.25) is 0 Å². The van der Waals surface area contributed by atoms with E-state index in [1.807, 2.05) is 12.1 Å². The molecule has 19 heavy (non-hydrogen) atoms. The number of halogens is 1. The third-order valence-corrected chi connectivity index (χ3v) is 4.32. The summed E-state index contributed by atoms with van der Waals surface area (Å²) in [6, 6.07) is 7.96. The summed E-state index contributed by atoms with van der Waals surface area (Å²) in [6.45, 7) is 3.87. The van der Waals surface area contributed by atoms with E-state index in [1.165, 1.54) is 5.56 Å². The van der Waals surface area contributed by atoms with Crippen molar-refractivity contribution in [3.05, 3.63) is 34.3 Å². The van der Waals surface area contributed by atoms with Crippen molar-refractivity contribution >= 4 is 21.9 Å². The van der Waals surface area contributed by atoms with Gasteiger partial charge < -0.3 is 5.11 Å². The fourth-order valence-corrected chi connectivity index (χ4v) is 3.18. The largest absolute Gasteiger partial charge is 0.480 e. The molecule has 0 radical (unpaired) electrons. The highest BCUT2D eigenvalue weighted by atomic mass is 79.9. The standard InChI is InChI=1S/C15H20BrNO2/c1-11(12-5-4-6-13(16)9-12)10-17-8-3-2-7-14(17)15(18)19/h4-6,9,11,14H,2-3,7-8,10H2,1H3,(H,18,19). The van der Waals surface area contributed by atoms with E-state index in [-0.39, 0.29) is 6.04 Å². The Balaban J connectivity index is 2.04. The Morgan fingerprint density at radius 1 is 1.53 bits per heavy atom. The molecule has 0 saturated carbocycles. The predicted octanol–water partition coefficient (Wildman–Crippen LogP) is 3.49. The first-order valence-electron chi connectivity index (χ1n) is 6.80. The van der Waals surface area contributed by atoms with Crippen molar-refractivity contribution in [3.8, 4) is 0 Å². The predicted molar refractivity (Wildman–Crippen MR) is 79.4 cm³/mol. The van der Waals surface area contributed by atoms with Gasteiger partial charge in [-0.3, -0.25) is 9.69 Å². The van der Waals surface area contributed by atoms with Crippen LogP contribution in [-0.2, 0) is 4.79 Å². The topological polar surface area (TPSA) is 40.5 Å². The molecule has 104 valence electrons. The van der Waals surface area contributed by atoms with Crippen molar-refractivity contribution < 1.29 is 9.90 Å². The zero-order valence-electron chi connectivity index (χ0n) is 11.2. The van der Waals surface area contributed by atoms with E-state index in [0.29, 0.717) is 5.92 Å². The first kappa shape index (κ1) is 14.5. The summed E-state index contributed by atoms with van der Waals surface area (Å²) < 4.78 is 1.07. The van der Waals surface area contributed by atoms with E-state index in [2.05, 4.69) is 39.9 Å². The number of likely N-dealkylation sites (tertiary alicyclic amines) is 1. The van der Waals surface area contributed by atoms with E-state index in [9.17, 15) is 9.90 Å². The number of rotatable bonds is 4. The SMILES string of the molecule is CC(CN1CCCCC1C(=O)O)c1cccc(Br)c1. The number of aliphatic carboxylic acids is 1. The molecule has 1 fully saturated rings. The molecule has 1 aromatic rings. The summed E-state index contributed by atoms with van der Waals surface area (Å²) in [7, 11) is 0. The van der Waals surface area contributed by atoms with Gasteiger partial charge in [0.15, 0.2) is 0 Å².